The fourth-order valence-corrected chi connectivity index (χ4v) is 0.804. The molecular formula is C5H12N2O2. The van der Waals surface area contributed by atoms with Gasteiger partial charge in [-0.25, -0.2) is 5.43 Å². The topological polar surface area (TPSA) is 64.5 Å². The average molecular weight is 132 g/mol. The van der Waals surface area contributed by atoms with E-state index in [1.165, 1.54) is 0 Å². The first-order chi connectivity index (χ1) is 4.13. The van der Waals surface area contributed by atoms with Gasteiger partial charge < -0.3 is 10.2 Å². The van der Waals surface area contributed by atoms with E-state index in [2.05, 4.69) is 10.9 Å². The van der Waals surface area contributed by atoms with Gasteiger partial charge in [0.1, 0.15) is 0 Å². The normalized spacial score (nSPS) is 34.3. The lowest BCUT2D eigenvalue weighted by molar-refractivity contribution is -0.196. The van der Waals surface area contributed by atoms with E-state index in [0.29, 0.717) is 13.0 Å². The van der Waals surface area contributed by atoms with Gasteiger partial charge in [-0.15, -0.1) is 0 Å². The molecule has 0 amide bonds. The van der Waals surface area contributed by atoms with Crippen LogP contribution in [0.1, 0.15) is 13.3 Å². The van der Waals surface area contributed by atoms with Crippen molar-refractivity contribution in [3.8, 4) is 0 Å². The number of rotatable bonds is 0. The van der Waals surface area contributed by atoms with E-state index in [1.807, 2.05) is 0 Å². The van der Waals surface area contributed by atoms with Crippen molar-refractivity contribution in [1.82, 2.24) is 10.9 Å². The van der Waals surface area contributed by atoms with Gasteiger partial charge in [0, 0.05) is 13.0 Å². The zero-order chi connectivity index (χ0) is 6.91. The molecule has 4 N–H and O–H groups in total. The summed E-state index contributed by atoms with van der Waals surface area (Å²) < 4.78 is 0. The summed E-state index contributed by atoms with van der Waals surface area (Å²) in [5.41, 5.74) is 5.54. The van der Waals surface area contributed by atoms with Crippen molar-refractivity contribution in [2.45, 2.75) is 25.2 Å². The van der Waals surface area contributed by atoms with Crippen molar-refractivity contribution in [1.29, 1.82) is 0 Å². The number of hydrazine groups is 1. The highest BCUT2D eigenvalue weighted by atomic mass is 16.5. The molecule has 1 heterocycles. The first-order valence-electron chi connectivity index (χ1n) is 3.06. The molecule has 1 fully saturated rings. The number of nitrogens with one attached hydrogen (secondary N) is 2. The van der Waals surface area contributed by atoms with Crippen molar-refractivity contribution >= 4 is 0 Å². The third kappa shape index (κ3) is 1.40. The Morgan fingerprint density at radius 2 is 2.22 bits per heavy atom. The van der Waals surface area contributed by atoms with E-state index >= 15 is 0 Å². The molecule has 9 heavy (non-hydrogen) atoms. The molecule has 0 spiro atoms. The Balaban J connectivity index is 2.49. The lowest BCUT2D eigenvalue weighted by atomic mass is 10.0. The van der Waals surface area contributed by atoms with Crippen LogP contribution in [-0.4, -0.2) is 28.6 Å². The van der Waals surface area contributed by atoms with Crippen LogP contribution in [0.25, 0.3) is 0 Å². The van der Waals surface area contributed by atoms with Crippen LogP contribution in [0, 0.1) is 0 Å². The summed E-state index contributed by atoms with van der Waals surface area (Å²) in [7, 11) is 0. The van der Waals surface area contributed by atoms with Gasteiger partial charge in [-0.2, -0.15) is 0 Å². The minimum atomic E-state index is -1.54. The third-order valence-electron chi connectivity index (χ3n) is 1.63. The van der Waals surface area contributed by atoms with Gasteiger partial charge in [0.2, 0.25) is 0 Å². The molecule has 1 rings (SSSR count). The van der Waals surface area contributed by atoms with Crippen LogP contribution in [0.5, 0.6) is 0 Å². The molecule has 1 unspecified atom stereocenters. The molecule has 0 aromatic carbocycles. The summed E-state index contributed by atoms with van der Waals surface area (Å²) in [6.45, 7) is 2.31. The van der Waals surface area contributed by atoms with E-state index < -0.39 is 5.79 Å². The lowest BCUT2D eigenvalue weighted by Gasteiger charge is -2.34. The van der Waals surface area contributed by atoms with Crippen molar-refractivity contribution in [2.75, 3.05) is 6.54 Å². The van der Waals surface area contributed by atoms with Gasteiger partial charge >= 0.3 is 0 Å². The molecule has 0 aromatic rings. The average Bonchev–Trinajstić information content (AvgIpc) is 1.77. The molecule has 54 valence electrons. The summed E-state index contributed by atoms with van der Waals surface area (Å²) in [5.74, 6) is -1.54. The Bertz CT molecular complexity index is 105. The molecule has 0 bridgehead atoms. The molecular weight excluding hydrogens is 120 g/mol. The second kappa shape index (κ2) is 2.22. The van der Waals surface area contributed by atoms with E-state index in [1.54, 1.807) is 6.92 Å². The highest BCUT2D eigenvalue weighted by molar-refractivity contribution is 4.81. The van der Waals surface area contributed by atoms with Crippen molar-refractivity contribution in [2.24, 2.45) is 0 Å². The molecule has 1 atom stereocenters. The molecule has 1 saturated heterocycles. The predicted octanol–water partition coefficient (Wildman–Crippen LogP) is -1.45. The second-order valence-electron chi connectivity index (χ2n) is 2.42. The Morgan fingerprint density at radius 1 is 1.56 bits per heavy atom. The third-order valence-corrected chi connectivity index (χ3v) is 1.63. The van der Waals surface area contributed by atoms with Gasteiger partial charge in [-0.3, -0.25) is 5.43 Å². The highest BCUT2D eigenvalue weighted by Gasteiger charge is 2.32. The predicted molar refractivity (Wildman–Crippen MR) is 32.4 cm³/mol. The first-order valence-corrected chi connectivity index (χ1v) is 3.06. The van der Waals surface area contributed by atoms with Crippen LogP contribution in [0.15, 0.2) is 0 Å². The largest absolute Gasteiger partial charge is 0.364 e. The van der Waals surface area contributed by atoms with Gasteiger partial charge in [0.25, 0.3) is 0 Å². The maximum absolute atomic E-state index is 9.10. The monoisotopic (exact) mass is 132 g/mol. The summed E-state index contributed by atoms with van der Waals surface area (Å²) in [5, 5.41) is 18.2. The zero-order valence-corrected chi connectivity index (χ0v) is 5.39. The van der Waals surface area contributed by atoms with Crippen molar-refractivity contribution in [3.63, 3.8) is 0 Å². The number of hydrogen-bond donors (Lipinski definition) is 4. The van der Waals surface area contributed by atoms with E-state index in [-0.39, 0.29) is 6.04 Å². The summed E-state index contributed by atoms with van der Waals surface area (Å²) in [6.07, 6.45) is 0.376. The molecule has 0 saturated carbocycles. The van der Waals surface area contributed by atoms with E-state index in [0.717, 1.165) is 0 Å². The Morgan fingerprint density at radius 3 is 2.56 bits per heavy atom. The fourth-order valence-electron chi connectivity index (χ4n) is 0.804. The first kappa shape index (κ1) is 6.95. The Kier molecular flexibility index (Phi) is 1.72. The smallest absolute Gasteiger partial charge is 0.180 e. The lowest BCUT2D eigenvalue weighted by Crippen LogP contribution is -2.59. The van der Waals surface area contributed by atoms with Crippen LogP contribution in [-0.2, 0) is 0 Å². The summed E-state index contributed by atoms with van der Waals surface area (Å²) in [4.78, 5) is 0. The SMILES string of the molecule is CC1NNCCC1(O)O. The molecule has 1 aliphatic heterocycles. The van der Waals surface area contributed by atoms with Gasteiger partial charge in [-0.1, -0.05) is 0 Å². The van der Waals surface area contributed by atoms with Crippen molar-refractivity contribution in [3.05, 3.63) is 0 Å². The van der Waals surface area contributed by atoms with Gasteiger partial charge in [0.05, 0.1) is 6.04 Å². The van der Waals surface area contributed by atoms with Crippen LogP contribution >= 0.6 is 0 Å². The van der Waals surface area contributed by atoms with Crippen LogP contribution in [0.2, 0.25) is 0 Å². The van der Waals surface area contributed by atoms with E-state index in [4.69, 9.17) is 10.2 Å². The molecule has 4 heteroatoms. The van der Waals surface area contributed by atoms with Crippen LogP contribution < -0.4 is 10.9 Å². The minimum Gasteiger partial charge on any atom is -0.364 e. The fraction of sp³-hybridized carbons (Fsp3) is 1.00. The second-order valence-corrected chi connectivity index (χ2v) is 2.42. The molecule has 0 aliphatic carbocycles. The highest BCUT2D eigenvalue weighted by Crippen LogP contribution is 2.12. The summed E-state index contributed by atoms with van der Waals surface area (Å²) in [6, 6.07) is -0.300. The maximum Gasteiger partial charge on any atom is 0.180 e. The minimum absolute atomic E-state index is 0.300. The van der Waals surface area contributed by atoms with E-state index in [9.17, 15) is 0 Å². The molecule has 0 radical (unpaired) electrons. The maximum atomic E-state index is 9.10. The molecule has 4 nitrogen and oxygen atoms in total. The Hall–Kier alpha value is -0.160. The van der Waals surface area contributed by atoms with Crippen LogP contribution in [0.4, 0.5) is 0 Å². The van der Waals surface area contributed by atoms with Crippen molar-refractivity contribution < 1.29 is 10.2 Å². The molecule has 0 aromatic heterocycles. The van der Waals surface area contributed by atoms with Gasteiger partial charge in [0.15, 0.2) is 5.79 Å². The zero-order valence-electron chi connectivity index (χ0n) is 5.39. The number of aliphatic hydroxyl groups is 2. The quantitative estimate of drug-likeness (QED) is 0.305. The summed E-state index contributed by atoms with van der Waals surface area (Å²) >= 11 is 0. The molecule has 1 aliphatic rings. The Labute approximate surface area is 53.9 Å². The standard InChI is InChI=1S/C5H12N2O2/c1-4-5(8,9)2-3-6-7-4/h4,6-9H,2-3H2,1H3. The van der Waals surface area contributed by atoms with Crippen LogP contribution in [0.3, 0.4) is 0 Å². The number of hydrogen-bond acceptors (Lipinski definition) is 4. The van der Waals surface area contributed by atoms with Gasteiger partial charge in [-0.05, 0) is 6.92 Å².